The zero-order valence-corrected chi connectivity index (χ0v) is 13.1. The summed E-state index contributed by atoms with van der Waals surface area (Å²) in [6, 6.07) is 6.86. The number of quaternary nitrogens is 1. The van der Waals surface area contributed by atoms with E-state index in [2.05, 4.69) is 12.2 Å². The van der Waals surface area contributed by atoms with Gasteiger partial charge in [-0.3, -0.25) is 4.79 Å². The Morgan fingerprint density at radius 3 is 2.36 bits per heavy atom. The number of amides is 1. The van der Waals surface area contributed by atoms with Gasteiger partial charge in [0.25, 0.3) is 0 Å². The van der Waals surface area contributed by atoms with Crippen LogP contribution in [-0.2, 0) is 16.0 Å². The van der Waals surface area contributed by atoms with Crippen LogP contribution in [-0.4, -0.2) is 31.0 Å². The number of carboxylic acids is 1. The van der Waals surface area contributed by atoms with Crippen molar-refractivity contribution in [3.63, 3.8) is 0 Å². The van der Waals surface area contributed by atoms with Gasteiger partial charge in [0, 0.05) is 5.69 Å². The van der Waals surface area contributed by atoms with Gasteiger partial charge >= 0.3 is 0 Å². The molecule has 1 heterocycles. The van der Waals surface area contributed by atoms with Crippen molar-refractivity contribution >= 4 is 17.6 Å². The zero-order chi connectivity index (χ0) is 15.9. The molecule has 1 amide bonds. The second-order valence-corrected chi connectivity index (χ2v) is 5.89. The van der Waals surface area contributed by atoms with E-state index in [4.69, 9.17) is 0 Å². The van der Waals surface area contributed by atoms with Crippen LogP contribution >= 0.6 is 0 Å². The number of piperidine rings is 1. The van der Waals surface area contributed by atoms with Crippen LogP contribution in [0.3, 0.4) is 0 Å². The first-order valence-corrected chi connectivity index (χ1v) is 8.04. The van der Waals surface area contributed by atoms with Crippen molar-refractivity contribution in [3.05, 3.63) is 29.8 Å². The molecule has 120 valence electrons. The number of anilines is 1. The van der Waals surface area contributed by atoms with Gasteiger partial charge in [0.1, 0.15) is 6.04 Å². The lowest BCUT2D eigenvalue weighted by Gasteiger charge is -2.31. The van der Waals surface area contributed by atoms with E-state index in [9.17, 15) is 14.7 Å². The Kier molecular flexibility index (Phi) is 5.95. The first kappa shape index (κ1) is 16.5. The topological polar surface area (TPSA) is 73.7 Å². The van der Waals surface area contributed by atoms with Crippen molar-refractivity contribution < 1.29 is 19.6 Å². The van der Waals surface area contributed by atoms with E-state index in [0.717, 1.165) is 43.7 Å². The number of aliphatic carboxylic acids is 1. The molecule has 2 N–H and O–H groups in total. The Hall–Kier alpha value is -1.88. The number of hydrogen-bond acceptors (Lipinski definition) is 3. The number of carbonyl (C=O) groups is 2. The van der Waals surface area contributed by atoms with Gasteiger partial charge in [0.15, 0.2) is 0 Å². The van der Waals surface area contributed by atoms with Crippen molar-refractivity contribution in [2.75, 3.05) is 18.4 Å². The number of hydrogen-bond donors (Lipinski definition) is 2. The first-order valence-electron chi connectivity index (χ1n) is 8.04. The van der Waals surface area contributed by atoms with E-state index in [0.29, 0.717) is 5.69 Å². The van der Waals surface area contributed by atoms with Gasteiger partial charge in [-0.05, 0) is 43.4 Å². The standard InChI is InChI=1S/C17H24N2O3/c1-2-13-6-8-14(9-7-13)18-16(20)12-15(17(21)22)19-10-4-3-5-11-19/h6-9,15H,2-5,10-12H2,1H3,(H,18,20)(H,21,22)/t15-/m0/s1. The van der Waals surface area contributed by atoms with E-state index in [1.54, 1.807) is 0 Å². The minimum atomic E-state index is -1.13. The Labute approximate surface area is 131 Å². The molecule has 22 heavy (non-hydrogen) atoms. The Morgan fingerprint density at radius 1 is 1.18 bits per heavy atom. The fourth-order valence-electron chi connectivity index (χ4n) is 2.97. The monoisotopic (exact) mass is 304 g/mol. The van der Waals surface area contributed by atoms with Crippen LogP contribution in [0, 0.1) is 0 Å². The highest BCUT2D eigenvalue weighted by Gasteiger charge is 2.27. The normalized spacial score (nSPS) is 17.0. The Bertz CT molecular complexity index is 507. The zero-order valence-electron chi connectivity index (χ0n) is 13.1. The molecule has 1 saturated heterocycles. The summed E-state index contributed by atoms with van der Waals surface area (Å²) in [6.45, 7) is 3.67. The molecule has 0 spiro atoms. The van der Waals surface area contributed by atoms with Crippen molar-refractivity contribution in [2.45, 2.75) is 45.1 Å². The predicted octanol–water partition coefficient (Wildman–Crippen LogP) is -0.235. The van der Waals surface area contributed by atoms with Gasteiger partial charge in [-0.15, -0.1) is 0 Å². The highest BCUT2D eigenvalue weighted by Crippen LogP contribution is 2.10. The second-order valence-electron chi connectivity index (χ2n) is 5.89. The summed E-state index contributed by atoms with van der Waals surface area (Å²) in [5.41, 5.74) is 1.90. The van der Waals surface area contributed by atoms with Gasteiger partial charge in [-0.25, -0.2) is 0 Å². The summed E-state index contributed by atoms with van der Waals surface area (Å²) in [5.74, 6) is -1.40. The molecule has 1 aromatic rings. The molecule has 5 heteroatoms. The van der Waals surface area contributed by atoms with Crippen molar-refractivity contribution in [1.82, 2.24) is 0 Å². The molecule has 1 atom stereocenters. The highest BCUT2D eigenvalue weighted by molar-refractivity contribution is 5.93. The Balaban J connectivity index is 1.93. The Morgan fingerprint density at radius 2 is 1.82 bits per heavy atom. The van der Waals surface area contributed by atoms with Gasteiger partial charge in [-0.1, -0.05) is 19.1 Å². The number of carboxylic acid groups (broad SMARTS) is 1. The molecule has 1 aliphatic rings. The molecule has 1 fully saturated rings. The minimum absolute atomic E-state index is 0.0345. The van der Waals surface area contributed by atoms with E-state index in [-0.39, 0.29) is 12.3 Å². The summed E-state index contributed by atoms with van der Waals surface area (Å²) in [5, 5.41) is 14.1. The number of likely N-dealkylation sites (tertiary alicyclic amines) is 1. The van der Waals surface area contributed by atoms with Crippen LogP contribution < -0.4 is 15.3 Å². The molecule has 5 nitrogen and oxygen atoms in total. The summed E-state index contributed by atoms with van der Waals surface area (Å²) in [4.78, 5) is 24.4. The molecule has 0 saturated carbocycles. The number of nitrogens with one attached hydrogen (secondary N) is 2. The maximum absolute atomic E-state index is 12.1. The maximum atomic E-state index is 12.1. The molecule has 0 bridgehead atoms. The lowest BCUT2D eigenvalue weighted by Crippen LogP contribution is -3.18. The number of benzene rings is 1. The van der Waals surface area contributed by atoms with E-state index in [1.165, 1.54) is 5.56 Å². The summed E-state index contributed by atoms with van der Waals surface area (Å²) in [7, 11) is 0. The molecular weight excluding hydrogens is 280 g/mol. The molecule has 0 radical (unpaired) electrons. The van der Waals surface area contributed by atoms with Gasteiger partial charge in [0.05, 0.1) is 25.5 Å². The molecule has 1 aromatic carbocycles. The van der Waals surface area contributed by atoms with Crippen LogP contribution in [0.25, 0.3) is 0 Å². The van der Waals surface area contributed by atoms with Crippen molar-refractivity contribution in [2.24, 2.45) is 0 Å². The van der Waals surface area contributed by atoms with Crippen LogP contribution in [0.1, 0.15) is 38.2 Å². The maximum Gasteiger partial charge on any atom is 0.230 e. The van der Waals surface area contributed by atoms with Crippen LogP contribution in [0.5, 0.6) is 0 Å². The van der Waals surface area contributed by atoms with Crippen molar-refractivity contribution in [3.8, 4) is 0 Å². The smallest absolute Gasteiger partial charge is 0.230 e. The summed E-state index contributed by atoms with van der Waals surface area (Å²) >= 11 is 0. The van der Waals surface area contributed by atoms with Gasteiger partial charge in [0.2, 0.25) is 5.91 Å². The van der Waals surface area contributed by atoms with Gasteiger partial charge < -0.3 is 20.1 Å². The number of rotatable bonds is 6. The predicted molar refractivity (Wildman–Crippen MR) is 82.4 cm³/mol. The van der Waals surface area contributed by atoms with Gasteiger partial charge in [-0.2, -0.15) is 0 Å². The van der Waals surface area contributed by atoms with Crippen molar-refractivity contribution in [1.29, 1.82) is 0 Å². The van der Waals surface area contributed by atoms with Crippen LogP contribution in [0.4, 0.5) is 5.69 Å². The minimum Gasteiger partial charge on any atom is -0.544 e. The summed E-state index contributed by atoms with van der Waals surface area (Å²) < 4.78 is 0. The number of aryl methyl sites for hydroxylation is 1. The summed E-state index contributed by atoms with van der Waals surface area (Å²) in [6.07, 6.45) is 4.07. The highest BCUT2D eigenvalue weighted by atomic mass is 16.4. The third-order valence-electron chi connectivity index (χ3n) is 4.31. The quantitative estimate of drug-likeness (QED) is 0.762. The fourth-order valence-corrected chi connectivity index (χ4v) is 2.97. The average Bonchev–Trinajstić information content (AvgIpc) is 2.54. The van der Waals surface area contributed by atoms with Crippen LogP contribution in [0.2, 0.25) is 0 Å². The second kappa shape index (κ2) is 7.94. The third kappa shape index (κ3) is 4.56. The lowest BCUT2D eigenvalue weighted by atomic mass is 10.1. The van der Waals surface area contributed by atoms with E-state index >= 15 is 0 Å². The third-order valence-corrected chi connectivity index (χ3v) is 4.31. The largest absolute Gasteiger partial charge is 0.544 e. The molecular formula is C17H24N2O3. The SMILES string of the molecule is CCc1ccc(NC(=O)C[C@@H](C(=O)[O-])[NH+]2CCCCC2)cc1. The van der Waals surface area contributed by atoms with E-state index in [1.807, 2.05) is 24.3 Å². The van der Waals surface area contributed by atoms with Crippen LogP contribution in [0.15, 0.2) is 24.3 Å². The molecule has 0 aliphatic carbocycles. The first-order chi connectivity index (χ1) is 10.6. The molecule has 0 unspecified atom stereocenters. The number of carbonyl (C=O) groups excluding carboxylic acids is 2. The molecule has 2 rings (SSSR count). The fraction of sp³-hybridized carbons (Fsp3) is 0.529. The van der Waals surface area contributed by atoms with E-state index < -0.39 is 12.0 Å². The molecule has 1 aliphatic heterocycles. The average molecular weight is 304 g/mol. The lowest BCUT2D eigenvalue weighted by molar-refractivity contribution is -0.922. The molecule has 0 aromatic heterocycles.